The number of piperazine rings is 1. The first-order valence-corrected chi connectivity index (χ1v) is 13.2. The van der Waals surface area contributed by atoms with Crippen molar-refractivity contribution in [3.05, 3.63) is 70.2 Å². The van der Waals surface area contributed by atoms with Crippen molar-refractivity contribution in [2.24, 2.45) is 0 Å². The van der Waals surface area contributed by atoms with Gasteiger partial charge in [-0.1, -0.05) is 23.2 Å². The van der Waals surface area contributed by atoms with Crippen LogP contribution in [0.3, 0.4) is 0 Å². The lowest BCUT2D eigenvalue weighted by Gasteiger charge is -2.35. The lowest BCUT2D eigenvalue weighted by molar-refractivity contribution is -0.130. The van der Waals surface area contributed by atoms with Crippen LogP contribution < -0.4 is 20.9 Å². The summed E-state index contributed by atoms with van der Waals surface area (Å²) in [6.45, 7) is 4.46. The van der Waals surface area contributed by atoms with Gasteiger partial charge in [-0.3, -0.25) is 14.4 Å². The molecule has 39 heavy (non-hydrogen) atoms. The van der Waals surface area contributed by atoms with Crippen molar-refractivity contribution in [2.75, 3.05) is 56.0 Å². The average Bonchev–Trinajstić information content (AvgIpc) is 2.94. The van der Waals surface area contributed by atoms with E-state index >= 15 is 0 Å². The number of nitrogens with zero attached hydrogens (tertiary/aromatic N) is 4. The minimum absolute atomic E-state index is 0.0853. The Kier molecular flexibility index (Phi) is 9.56. The Morgan fingerprint density at radius 1 is 0.846 bits per heavy atom. The van der Waals surface area contributed by atoms with Crippen molar-refractivity contribution in [1.29, 1.82) is 0 Å². The van der Waals surface area contributed by atoms with Gasteiger partial charge in [0.1, 0.15) is 11.6 Å². The van der Waals surface area contributed by atoms with E-state index in [1.54, 1.807) is 41.3 Å². The molecule has 0 bridgehead atoms. The number of carbonyl (C=O) groups excluding carboxylic acids is 3. The van der Waals surface area contributed by atoms with Crippen molar-refractivity contribution in [2.45, 2.75) is 6.92 Å². The summed E-state index contributed by atoms with van der Waals surface area (Å²) in [5.41, 5.74) is 1.26. The number of hydrogen-bond donors (Lipinski definition) is 3. The van der Waals surface area contributed by atoms with E-state index in [-0.39, 0.29) is 24.3 Å². The molecule has 1 aliphatic rings. The Bertz CT molecular complexity index is 1310. The average molecular weight is 570 g/mol. The molecule has 10 nitrogen and oxygen atoms in total. The van der Waals surface area contributed by atoms with Crippen molar-refractivity contribution in [3.63, 3.8) is 0 Å². The molecule has 12 heteroatoms. The number of carbonyl (C=O) groups is 3. The number of hydrogen-bond acceptors (Lipinski definition) is 7. The first-order valence-electron chi connectivity index (χ1n) is 12.5. The van der Waals surface area contributed by atoms with Crippen molar-refractivity contribution >= 4 is 52.6 Å². The van der Waals surface area contributed by atoms with E-state index < -0.39 is 0 Å². The zero-order valence-corrected chi connectivity index (χ0v) is 22.9. The molecule has 0 atom stereocenters. The lowest BCUT2D eigenvalue weighted by Crippen LogP contribution is -2.51. The Morgan fingerprint density at radius 3 is 2.13 bits per heavy atom. The molecule has 2 aromatic carbocycles. The lowest BCUT2D eigenvalue weighted by atomic mass is 10.2. The molecule has 2 heterocycles. The van der Waals surface area contributed by atoms with Crippen LogP contribution in [-0.2, 0) is 9.59 Å². The Labute approximate surface area is 236 Å². The molecule has 204 valence electrons. The molecule has 1 aromatic heterocycles. The number of benzene rings is 2. The van der Waals surface area contributed by atoms with Crippen molar-refractivity contribution < 1.29 is 14.4 Å². The SMILES string of the molecule is CC(=O)NCCNc1cc(N2CCN(C(=O)CNC(=O)c3ccc(Cl)cc3)CC2)nc(-c2ccc(Cl)cc2)n1. The van der Waals surface area contributed by atoms with Crippen molar-refractivity contribution in [1.82, 2.24) is 25.5 Å². The van der Waals surface area contributed by atoms with Gasteiger partial charge in [0.05, 0.1) is 6.54 Å². The highest BCUT2D eigenvalue weighted by Gasteiger charge is 2.23. The topological polar surface area (TPSA) is 120 Å². The van der Waals surface area contributed by atoms with Crippen LogP contribution >= 0.6 is 23.2 Å². The molecule has 4 rings (SSSR count). The highest BCUT2D eigenvalue weighted by molar-refractivity contribution is 6.31. The van der Waals surface area contributed by atoms with E-state index in [0.717, 1.165) is 11.4 Å². The highest BCUT2D eigenvalue weighted by Crippen LogP contribution is 2.24. The molecule has 1 saturated heterocycles. The van der Waals surface area contributed by atoms with Gasteiger partial charge in [-0.15, -0.1) is 0 Å². The second-order valence-electron chi connectivity index (χ2n) is 8.91. The smallest absolute Gasteiger partial charge is 0.251 e. The van der Waals surface area contributed by atoms with Crippen LogP contribution in [0.4, 0.5) is 11.6 Å². The third-order valence-corrected chi connectivity index (χ3v) is 6.59. The molecule has 0 spiro atoms. The van der Waals surface area contributed by atoms with Gasteiger partial charge in [-0.25, -0.2) is 9.97 Å². The Balaban J connectivity index is 1.38. The highest BCUT2D eigenvalue weighted by atomic mass is 35.5. The fraction of sp³-hybridized carbons (Fsp3) is 0.296. The molecule has 3 amide bonds. The molecule has 0 unspecified atom stereocenters. The second kappa shape index (κ2) is 13.3. The number of anilines is 2. The number of amides is 3. The quantitative estimate of drug-likeness (QED) is 0.339. The molecule has 1 fully saturated rings. The predicted octanol–water partition coefficient (Wildman–Crippen LogP) is 3.08. The van der Waals surface area contributed by atoms with Crippen LogP contribution in [0.1, 0.15) is 17.3 Å². The fourth-order valence-electron chi connectivity index (χ4n) is 4.00. The van der Waals surface area contributed by atoms with Gasteiger partial charge in [0.25, 0.3) is 5.91 Å². The zero-order chi connectivity index (χ0) is 27.8. The van der Waals surface area contributed by atoms with Gasteiger partial charge in [-0.05, 0) is 48.5 Å². The maximum Gasteiger partial charge on any atom is 0.251 e. The van der Waals surface area contributed by atoms with Gasteiger partial charge >= 0.3 is 0 Å². The monoisotopic (exact) mass is 569 g/mol. The Hall–Kier alpha value is -3.89. The largest absolute Gasteiger partial charge is 0.368 e. The molecule has 3 aromatic rings. The summed E-state index contributed by atoms with van der Waals surface area (Å²) in [5.74, 6) is 1.31. The van der Waals surface area contributed by atoms with E-state index in [2.05, 4.69) is 25.8 Å². The van der Waals surface area contributed by atoms with Crippen LogP contribution in [0.2, 0.25) is 10.0 Å². The Morgan fingerprint density at radius 2 is 1.49 bits per heavy atom. The van der Waals surface area contributed by atoms with E-state index in [1.165, 1.54) is 6.92 Å². The van der Waals surface area contributed by atoms with Gasteiger partial charge in [-0.2, -0.15) is 0 Å². The summed E-state index contributed by atoms with van der Waals surface area (Å²) in [4.78, 5) is 49.5. The molecule has 0 aliphatic carbocycles. The van der Waals surface area contributed by atoms with Crippen LogP contribution in [0.25, 0.3) is 11.4 Å². The fourth-order valence-corrected chi connectivity index (χ4v) is 4.25. The van der Waals surface area contributed by atoms with E-state index in [9.17, 15) is 14.4 Å². The molecule has 0 saturated carbocycles. The normalized spacial score (nSPS) is 13.1. The van der Waals surface area contributed by atoms with Crippen LogP contribution in [-0.4, -0.2) is 78.4 Å². The second-order valence-corrected chi connectivity index (χ2v) is 9.78. The number of rotatable bonds is 9. The minimum Gasteiger partial charge on any atom is -0.368 e. The van der Waals surface area contributed by atoms with Crippen LogP contribution in [0.5, 0.6) is 0 Å². The molecule has 0 radical (unpaired) electrons. The summed E-state index contributed by atoms with van der Waals surface area (Å²) < 4.78 is 0. The third kappa shape index (κ3) is 8.05. The number of nitrogens with one attached hydrogen (secondary N) is 3. The van der Waals surface area contributed by atoms with Gasteiger partial charge < -0.3 is 25.8 Å². The van der Waals surface area contributed by atoms with Crippen LogP contribution in [0.15, 0.2) is 54.6 Å². The summed E-state index contributed by atoms with van der Waals surface area (Å²) in [6, 6.07) is 15.6. The first kappa shape index (κ1) is 28.1. The zero-order valence-electron chi connectivity index (χ0n) is 21.4. The summed E-state index contributed by atoms with van der Waals surface area (Å²) in [6.07, 6.45) is 0. The predicted molar refractivity (Wildman–Crippen MR) is 152 cm³/mol. The van der Waals surface area contributed by atoms with Gasteiger partial charge in [0.15, 0.2) is 5.82 Å². The molecule has 3 N–H and O–H groups in total. The van der Waals surface area contributed by atoms with E-state index in [4.69, 9.17) is 28.2 Å². The van der Waals surface area contributed by atoms with Gasteiger partial charge in [0.2, 0.25) is 11.8 Å². The standard InChI is InChI=1S/C27H29Cl2N7O3/c1-18(37)30-10-11-31-23-16-24(34-26(33-23)19-2-6-21(28)7-3-19)35-12-14-36(15-13-35)25(38)17-32-27(39)20-4-8-22(29)9-5-20/h2-9,16H,10-15,17H2,1H3,(H,30,37)(H,32,39)(H,31,33,34). The molecular formula is C27H29Cl2N7O3. The van der Waals surface area contributed by atoms with E-state index in [0.29, 0.717) is 66.5 Å². The maximum atomic E-state index is 12.7. The molecular weight excluding hydrogens is 541 g/mol. The molecule has 1 aliphatic heterocycles. The number of aromatic nitrogens is 2. The summed E-state index contributed by atoms with van der Waals surface area (Å²) >= 11 is 11.9. The maximum absolute atomic E-state index is 12.7. The first-order chi connectivity index (χ1) is 18.8. The van der Waals surface area contributed by atoms with E-state index in [1.807, 2.05) is 18.2 Å². The van der Waals surface area contributed by atoms with Crippen LogP contribution in [0, 0.1) is 0 Å². The summed E-state index contributed by atoms with van der Waals surface area (Å²) in [5, 5.41) is 9.83. The van der Waals surface area contributed by atoms with Gasteiger partial charge in [0, 0.05) is 73.4 Å². The van der Waals surface area contributed by atoms with Crippen molar-refractivity contribution in [3.8, 4) is 11.4 Å². The third-order valence-electron chi connectivity index (χ3n) is 6.08. The minimum atomic E-state index is -0.326. The number of halogens is 2. The summed E-state index contributed by atoms with van der Waals surface area (Å²) in [7, 11) is 0.